The van der Waals surface area contributed by atoms with Crippen LogP contribution in [0, 0.1) is 0 Å². The van der Waals surface area contributed by atoms with Crippen LogP contribution in [0.25, 0.3) is 11.2 Å². The number of anilines is 2. The number of methoxy groups -OCH3 is 1. The lowest BCUT2D eigenvalue weighted by molar-refractivity contribution is -0.138. The summed E-state index contributed by atoms with van der Waals surface area (Å²) in [6.45, 7) is 0. The first-order valence-corrected chi connectivity index (χ1v) is 8.41. The zero-order chi connectivity index (χ0) is 19.6. The van der Waals surface area contributed by atoms with Gasteiger partial charge in [-0.1, -0.05) is 11.8 Å². The number of rotatable bonds is 5. The van der Waals surface area contributed by atoms with Gasteiger partial charge in [0.25, 0.3) is 0 Å². The molecular formula is C15H13F3N6O2S. The average Bonchev–Trinajstić information content (AvgIpc) is 3.07. The van der Waals surface area contributed by atoms with E-state index < -0.39 is 17.6 Å². The summed E-state index contributed by atoms with van der Waals surface area (Å²) < 4.78 is 43.8. The van der Waals surface area contributed by atoms with Crippen molar-refractivity contribution in [2.75, 3.05) is 23.9 Å². The number of fused-ring (bicyclic) bond motifs is 1. The maximum absolute atomic E-state index is 13.0. The third-order valence-corrected chi connectivity index (χ3v) is 4.37. The molecule has 1 aromatic carbocycles. The highest BCUT2D eigenvalue weighted by molar-refractivity contribution is 8.00. The number of amides is 1. The molecule has 0 radical (unpaired) electrons. The highest BCUT2D eigenvalue weighted by Gasteiger charge is 2.34. The number of carbonyl (C=O) groups is 1. The number of nitrogens with two attached hydrogens (primary N) is 1. The number of thioether (sulfide) groups is 1. The molecule has 8 nitrogen and oxygen atoms in total. The van der Waals surface area contributed by atoms with E-state index in [9.17, 15) is 18.0 Å². The highest BCUT2D eigenvalue weighted by Crippen LogP contribution is 2.37. The molecule has 0 fully saturated rings. The van der Waals surface area contributed by atoms with Crippen LogP contribution in [0.15, 0.2) is 29.6 Å². The van der Waals surface area contributed by atoms with Gasteiger partial charge < -0.3 is 20.8 Å². The summed E-state index contributed by atoms with van der Waals surface area (Å²) in [6.07, 6.45) is -3.19. The normalized spacial score (nSPS) is 11.6. The van der Waals surface area contributed by atoms with Crippen molar-refractivity contribution in [3.8, 4) is 5.75 Å². The van der Waals surface area contributed by atoms with Gasteiger partial charge in [0, 0.05) is 5.69 Å². The van der Waals surface area contributed by atoms with Gasteiger partial charge in [-0.2, -0.15) is 18.2 Å². The molecule has 2 heterocycles. The number of halogens is 3. The first kappa shape index (κ1) is 18.8. The minimum absolute atomic E-state index is 0.00230. The largest absolute Gasteiger partial charge is 0.496 e. The minimum Gasteiger partial charge on any atom is -0.496 e. The number of H-pyrrole nitrogens is 1. The van der Waals surface area contributed by atoms with E-state index in [1.165, 1.54) is 12.4 Å². The average molecular weight is 398 g/mol. The van der Waals surface area contributed by atoms with Crippen LogP contribution in [0.4, 0.5) is 24.8 Å². The number of hydrogen-bond donors (Lipinski definition) is 3. The van der Waals surface area contributed by atoms with Crippen LogP contribution < -0.4 is 15.8 Å². The third kappa shape index (κ3) is 4.22. The van der Waals surface area contributed by atoms with Crippen molar-refractivity contribution in [2.24, 2.45) is 0 Å². The molecule has 0 saturated heterocycles. The highest BCUT2D eigenvalue weighted by atomic mass is 32.2. The summed E-state index contributed by atoms with van der Waals surface area (Å²) in [5.74, 6) is -0.934. The summed E-state index contributed by atoms with van der Waals surface area (Å²) in [4.78, 5) is 26.9. The van der Waals surface area contributed by atoms with Gasteiger partial charge in [0.1, 0.15) is 16.3 Å². The number of carbonyl (C=O) groups excluding carboxylic acids is 1. The Morgan fingerprint density at radius 3 is 2.85 bits per heavy atom. The second kappa shape index (κ2) is 7.31. The van der Waals surface area contributed by atoms with Crippen LogP contribution in [0.3, 0.4) is 0 Å². The van der Waals surface area contributed by atoms with Crippen LogP contribution in [-0.4, -0.2) is 38.7 Å². The van der Waals surface area contributed by atoms with Crippen LogP contribution in [0.1, 0.15) is 5.56 Å². The number of benzene rings is 1. The molecular weight excluding hydrogens is 385 g/mol. The number of aromatic amines is 1. The van der Waals surface area contributed by atoms with Gasteiger partial charge >= 0.3 is 6.18 Å². The van der Waals surface area contributed by atoms with Crippen molar-refractivity contribution in [3.05, 3.63) is 30.1 Å². The molecule has 0 spiro atoms. The van der Waals surface area contributed by atoms with E-state index in [0.717, 1.165) is 31.0 Å². The van der Waals surface area contributed by atoms with Gasteiger partial charge in [0.15, 0.2) is 5.65 Å². The van der Waals surface area contributed by atoms with E-state index in [2.05, 4.69) is 25.3 Å². The number of aromatic nitrogens is 4. The summed E-state index contributed by atoms with van der Waals surface area (Å²) in [6, 6.07) is 3.29. The Kier molecular flexibility index (Phi) is 5.08. The Hall–Kier alpha value is -3.02. The van der Waals surface area contributed by atoms with Crippen LogP contribution in [0.5, 0.6) is 5.75 Å². The van der Waals surface area contributed by atoms with Crippen molar-refractivity contribution in [1.82, 2.24) is 19.9 Å². The lowest BCUT2D eigenvalue weighted by atomic mass is 10.1. The maximum Gasteiger partial charge on any atom is 0.420 e. The molecule has 1 amide bonds. The molecule has 0 atom stereocenters. The van der Waals surface area contributed by atoms with Gasteiger partial charge in [0.05, 0.1) is 24.8 Å². The predicted octanol–water partition coefficient (Wildman–Crippen LogP) is 2.69. The Morgan fingerprint density at radius 1 is 1.37 bits per heavy atom. The molecule has 4 N–H and O–H groups in total. The summed E-state index contributed by atoms with van der Waals surface area (Å²) in [5, 5.41) is 2.83. The molecule has 0 aliphatic heterocycles. The van der Waals surface area contributed by atoms with E-state index >= 15 is 0 Å². The number of nitrogens with one attached hydrogen (secondary N) is 2. The van der Waals surface area contributed by atoms with Crippen LogP contribution in [0.2, 0.25) is 0 Å². The summed E-state index contributed by atoms with van der Waals surface area (Å²) in [7, 11) is 1.14. The molecule has 27 heavy (non-hydrogen) atoms. The molecule has 3 aromatic rings. The lowest BCUT2D eigenvalue weighted by Gasteiger charge is -2.14. The van der Waals surface area contributed by atoms with Gasteiger partial charge in [-0.05, 0) is 18.2 Å². The molecule has 0 unspecified atom stereocenters. The third-order valence-electron chi connectivity index (χ3n) is 3.40. The van der Waals surface area contributed by atoms with Crippen LogP contribution in [-0.2, 0) is 11.0 Å². The topological polar surface area (TPSA) is 119 Å². The van der Waals surface area contributed by atoms with Gasteiger partial charge in [-0.3, -0.25) is 4.79 Å². The quantitative estimate of drug-likeness (QED) is 0.447. The predicted molar refractivity (Wildman–Crippen MR) is 93.4 cm³/mol. The van der Waals surface area contributed by atoms with E-state index in [1.54, 1.807) is 0 Å². The molecule has 0 bridgehead atoms. The monoisotopic (exact) mass is 398 g/mol. The lowest BCUT2D eigenvalue weighted by Crippen LogP contribution is -2.15. The van der Waals surface area contributed by atoms with Crippen LogP contribution >= 0.6 is 11.8 Å². The zero-order valence-electron chi connectivity index (χ0n) is 13.8. The number of hydrogen-bond acceptors (Lipinski definition) is 7. The fourth-order valence-corrected chi connectivity index (χ4v) is 3.06. The standard InChI is InChI=1S/C15H13F3N6O2S/c1-26-9-3-2-7(4-8(9)15(16,17)18)22-10(25)5-27-13-11-12(21-6-20-11)23-14(19)24-13/h2-4,6H,5H2,1H3,(H,22,25)(H3,19,20,21,23,24). The Morgan fingerprint density at radius 2 is 2.15 bits per heavy atom. The molecule has 0 saturated carbocycles. The zero-order valence-corrected chi connectivity index (χ0v) is 14.6. The first-order valence-electron chi connectivity index (χ1n) is 7.42. The van der Waals surface area contributed by atoms with E-state index in [4.69, 9.17) is 10.5 Å². The van der Waals surface area contributed by atoms with Crippen molar-refractivity contribution in [1.29, 1.82) is 0 Å². The van der Waals surface area contributed by atoms with Gasteiger partial charge in [-0.25, -0.2) is 9.97 Å². The number of nitrogen functional groups attached to an aromatic ring is 1. The fourth-order valence-electron chi connectivity index (χ4n) is 2.27. The number of nitrogens with zero attached hydrogens (tertiary/aromatic N) is 3. The molecule has 12 heteroatoms. The molecule has 0 aliphatic carbocycles. The van der Waals surface area contributed by atoms with Crippen molar-refractivity contribution >= 4 is 40.5 Å². The fraction of sp³-hybridized carbons (Fsp3) is 0.200. The number of imidazole rings is 1. The Bertz CT molecular complexity index is 991. The molecule has 0 aliphatic rings. The van der Waals surface area contributed by atoms with Gasteiger partial charge in [-0.15, -0.1) is 0 Å². The Labute approximate surface area is 154 Å². The van der Waals surface area contributed by atoms with Crippen molar-refractivity contribution in [3.63, 3.8) is 0 Å². The van der Waals surface area contributed by atoms with Crippen molar-refractivity contribution < 1.29 is 22.7 Å². The van der Waals surface area contributed by atoms with E-state index in [0.29, 0.717) is 16.2 Å². The summed E-state index contributed by atoms with van der Waals surface area (Å²) >= 11 is 1.05. The second-order valence-corrected chi connectivity index (χ2v) is 6.20. The molecule has 142 valence electrons. The smallest absolute Gasteiger partial charge is 0.420 e. The summed E-state index contributed by atoms with van der Waals surface area (Å²) in [5.41, 5.74) is 5.49. The van der Waals surface area contributed by atoms with E-state index in [-0.39, 0.29) is 23.1 Å². The second-order valence-electron chi connectivity index (χ2n) is 5.24. The maximum atomic E-state index is 13.0. The van der Waals surface area contributed by atoms with E-state index in [1.807, 2.05) is 0 Å². The molecule has 3 rings (SSSR count). The first-order chi connectivity index (χ1) is 12.8. The van der Waals surface area contributed by atoms with Crippen molar-refractivity contribution in [2.45, 2.75) is 11.2 Å². The number of alkyl halides is 3. The van der Waals surface area contributed by atoms with Gasteiger partial charge in [0.2, 0.25) is 11.9 Å². The Balaban J connectivity index is 1.72. The SMILES string of the molecule is COc1ccc(NC(=O)CSc2nc(N)nc3nc[nH]c23)cc1C(F)(F)F. The molecule has 2 aromatic heterocycles. The number of ether oxygens (including phenoxy) is 1. The minimum atomic E-state index is -4.61.